The van der Waals surface area contributed by atoms with Gasteiger partial charge in [-0.25, -0.2) is 0 Å². The number of rotatable bonds is 7. The fourth-order valence-electron chi connectivity index (χ4n) is 2.00. The summed E-state index contributed by atoms with van der Waals surface area (Å²) in [6, 6.07) is 0.826. The molecule has 3 heteroatoms. The van der Waals surface area contributed by atoms with Gasteiger partial charge in [0.1, 0.15) is 0 Å². The van der Waals surface area contributed by atoms with Crippen LogP contribution in [0.25, 0.3) is 0 Å². The second-order valence-corrected chi connectivity index (χ2v) is 4.87. The molecule has 2 rings (SSSR count). The zero-order valence-electron chi connectivity index (χ0n) is 10.4. The minimum absolute atomic E-state index is 0.759. The van der Waals surface area contributed by atoms with Gasteiger partial charge >= 0.3 is 0 Å². The van der Waals surface area contributed by atoms with Crippen LogP contribution < -0.4 is 5.32 Å². The molecule has 0 aromatic carbocycles. The van der Waals surface area contributed by atoms with E-state index < -0.39 is 0 Å². The van der Waals surface area contributed by atoms with Crippen LogP contribution in [0, 0.1) is 5.92 Å². The van der Waals surface area contributed by atoms with Crippen LogP contribution in [0.5, 0.6) is 0 Å². The minimum atomic E-state index is 0.759. The zero-order valence-corrected chi connectivity index (χ0v) is 10.4. The van der Waals surface area contributed by atoms with E-state index >= 15 is 0 Å². The Balaban J connectivity index is 1.79. The summed E-state index contributed by atoms with van der Waals surface area (Å²) in [6.07, 6.45) is 9.37. The maximum atomic E-state index is 4.33. The van der Waals surface area contributed by atoms with E-state index in [2.05, 4.69) is 30.5 Å². The fourth-order valence-corrected chi connectivity index (χ4v) is 2.00. The molecule has 90 valence electrons. The largest absolute Gasteiger partial charge is 0.314 e. The first kappa shape index (κ1) is 11.6. The highest BCUT2D eigenvalue weighted by atomic mass is 15.3. The lowest BCUT2D eigenvalue weighted by molar-refractivity contribution is 0.458. The molecule has 0 amide bonds. The summed E-state index contributed by atoms with van der Waals surface area (Å²) in [4.78, 5) is 0. The third-order valence-corrected chi connectivity index (χ3v) is 3.38. The van der Waals surface area contributed by atoms with Gasteiger partial charge < -0.3 is 5.32 Å². The summed E-state index contributed by atoms with van der Waals surface area (Å²) in [5.74, 6) is 0.759. The van der Waals surface area contributed by atoms with Crippen LogP contribution in [0.2, 0.25) is 0 Å². The van der Waals surface area contributed by atoms with E-state index in [9.17, 15) is 0 Å². The highest BCUT2D eigenvalue weighted by Crippen LogP contribution is 2.20. The maximum Gasteiger partial charge on any atom is 0.0521 e. The summed E-state index contributed by atoms with van der Waals surface area (Å²) in [6.45, 7) is 6.54. The summed E-state index contributed by atoms with van der Waals surface area (Å²) in [5.41, 5.74) is 1.38. The average Bonchev–Trinajstić information content (AvgIpc) is 3.03. The molecule has 1 unspecified atom stereocenters. The standard InChI is InChI=1S/C13H23N3/c1-3-11(8-14-13-5-6-13)7-12-9-15-16(4-2)10-12/h9-11,13-14H,3-8H2,1-2H3. The molecule has 1 heterocycles. The number of hydrogen-bond acceptors (Lipinski definition) is 2. The highest BCUT2D eigenvalue weighted by Gasteiger charge is 2.21. The van der Waals surface area contributed by atoms with Crippen molar-refractivity contribution in [3.8, 4) is 0 Å². The molecule has 0 aliphatic heterocycles. The first-order chi connectivity index (χ1) is 7.81. The van der Waals surface area contributed by atoms with Crippen molar-refractivity contribution in [2.75, 3.05) is 6.54 Å². The van der Waals surface area contributed by atoms with Crippen LogP contribution in [0.3, 0.4) is 0 Å². The van der Waals surface area contributed by atoms with Crippen LogP contribution in [0.4, 0.5) is 0 Å². The summed E-state index contributed by atoms with van der Waals surface area (Å²) in [7, 11) is 0. The first-order valence-electron chi connectivity index (χ1n) is 6.56. The van der Waals surface area contributed by atoms with Crippen molar-refractivity contribution in [2.24, 2.45) is 5.92 Å². The molecule has 1 fully saturated rings. The molecule has 1 N–H and O–H groups in total. The molecule has 0 spiro atoms. The predicted octanol–water partition coefficient (Wildman–Crippen LogP) is 2.22. The molecule has 3 nitrogen and oxygen atoms in total. The lowest BCUT2D eigenvalue weighted by Gasteiger charge is -2.14. The van der Waals surface area contributed by atoms with Gasteiger partial charge in [0.05, 0.1) is 6.20 Å². The van der Waals surface area contributed by atoms with E-state index in [0.717, 1.165) is 24.9 Å². The normalized spacial score (nSPS) is 17.6. The molecule has 16 heavy (non-hydrogen) atoms. The van der Waals surface area contributed by atoms with Gasteiger partial charge in [0.25, 0.3) is 0 Å². The third kappa shape index (κ3) is 3.34. The van der Waals surface area contributed by atoms with Gasteiger partial charge in [-0.1, -0.05) is 13.3 Å². The Kier molecular flexibility index (Phi) is 3.99. The van der Waals surface area contributed by atoms with Crippen molar-refractivity contribution in [3.63, 3.8) is 0 Å². The van der Waals surface area contributed by atoms with E-state index in [-0.39, 0.29) is 0 Å². The van der Waals surface area contributed by atoms with E-state index in [1.54, 1.807) is 0 Å². The smallest absolute Gasteiger partial charge is 0.0521 e. The van der Waals surface area contributed by atoms with Gasteiger partial charge in [0, 0.05) is 18.8 Å². The van der Waals surface area contributed by atoms with Crippen LogP contribution in [0.15, 0.2) is 12.4 Å². The minimum Gasteiger partial charge on any atom is -0.314 e. The summed E-state index contributed by atoms with van der Waals surface area (Å²) in [5, 5.41) is 7.95. The number of nitrogens with zero attached hydrogens (tertiary/aromatic N) is 2. The SMILES string of the molecule is CCC(CNC1CC1)Cc1cnn(CC)c1. The molecular formula is C13H23N3. The average molecular weight is 221 g/mol. The van der Waals surface area contributed by atoms with Gasteiger partial charge in [0.15, 0.2) is 0 Å². The Morgan fingerprint density at radius 3 is 2.88 bits per heavy atom. The lowest BCUT2D eigenvalue weighted by Crippen LogP contribution is -2.25. The van der Waals surface area contributed by atoms with Crippen molar-refractivity contribution in [3.05, 3.63) is 18.0 Å². The molecule has 1 aliphatic rings. The van der Waals surface area contributed by atoms with Crippen molar-refractivity contribution >= 4 is 0 Å². The van der Waals surface area contributed by atoms with Crippen molar-refractivity contribution in [2.45, 2.75) is 52.1 Å². The summed E-state index contributed by atoms with van der Waals surface area (Å²) < 4.78 is 2.01. The van der Waals surface area contributed by atoms with Gasteiger partial charge in [0.2, 0.25) is 0 Å². The molecule has 1 aliphatic carbocycles. The number of aryl methyl sites for hydroxylation is 1. The molecule has 0 saturated heterocycles. The zero-order chi connectivity index (χ0) is 11.4. The summed E-state index contributed by atoms with van der Waals surface area (Å²) >= 11 is 0. The van der Waals surface area contributed by atoms with Crippen LogP contribution in [-0.2, 0) is 13.0 Å². The van der Waals surface area contributed by atoms with Crippen LogP contribution >= 0.6 is 0 Å². The molecule has 1 aromatic rings. The quantitative estimate of drug-likeness (QED) is 0.765. The topological polar surface area (TPSA) is 29.9 Å². The van der Waals surface area contributed by atoms with Crippen molar-refractivity contribution in [1.29, 1.82) is 0 Å². The molecule has 0 radical (unpaired) electrons. The Morgan fingerprint density at radius 2 is 2.31 bits per heavy atom. The van der Waals surface area contributed by atoms with E-state index in [1.807, 2.05) is 10.9 Å². The number of nitrogens with one attached hydrogen (secondary N) is 1. The highest BCUT2D eigenvalue weighted by molar-refractivity contribution is 5.05. The first-order valence-corrected chi connectivity index (χ1v) is 6.56. The Hall–Kier alpha value is -0.830. The molecule has 1 saturated carbocycles. The Morgan fingerprint density at radius 1 is 1.50 bits per heavy atom. The Bertz CT molecular complexity index is 315. The Labute approximate surface area is 98.2 Å². The second-order valence-electron chi connectivity index (χ2n) is 4.87. The molecular weight excluding hydrogens is 198 g/mol. The van der Waals surface area contributed by atoms with Crippen molar-refractivity contribution in [1.82, 2.24) is 15.1 Å². The number of hydrogen-bond donors (Lipinski definition) is 1. The van der Waals surface area contributed by atoms with Crippen LogP contribution in [-0.4, -0.2) is 22.4 Å². The van der Waals surface area contributed by atoms with Gasteiger partial charge in [-0.15, -0.1) is 0 Å². The lowest BCUT2D eigenvalue weighted by atomic mass is 9.99. The van der Waals surface area contributed by atoms with Crippen molar-refractivity contribution < 1.29 is 0 Å². The third-order valence-electron chi connectivity index (χ3n) is 3.38. The monoisotopic (exact) mass is 221 g/mol. The predicted molar refractivity (Wildman–Crippen MR) is 66.4 cm³/mol. The van der Waals surface area contributed by atoms with E-state index in [4.69, 9.17) is 0 Å². The maximum absolute atomic E-state index is 4.33. The second kappa shape index (κ2) is 5.48. The number of aromatic nitrogens is 2. The molecule has 1 aromatic heterocycles. The van der Waals surface area contributed by atoms with E-state index in [1.165, 1.54) is 31.4 Å². The molecule has 1 atom stereocenters. The van der Waals surface area contributed by atoms with Crippen LogP contribution in [0.1, 0.15) is 38.7 Å². The van der Waals surface area contributed by atoms with Gasteiger partial charge in [-0.05, 0) is 44.2 Å². The fraction of sp³-hybridized carbons (Fsp3) is 0.769. The van der Waals surface area contributed by atoms with Gasteiger partial charge in [-0.3, -0.25) is 4.68 Å². The van der Waals surface area contributed by atoms with E-state index in [0.29, 0.717) is 0 Å². The van der Waals surface area contributed by atoms with Gasteiger partial charge in [-0.2, -0.15) is 5.10 Å². The molecule has 0 bridgehead atoms.